The van der Waals surface area contributed by atoms with Crippen molar-refractivity contribution in [1.29, 1.82) is 0 Å². The molecule has 0 unspecified atom stereocenters. The van der Waals surface area contributed by atoms with Crippen LogP contribution in [-0.4, -0.2) is 42.3 Å². The molecule has 1 aromatic rings. The number of aryl methyl sites for hydroxylation is 2. The molecule has 2 aliphatic heterocycles. The van der Waals surface area contributed by atoms with Gasteiger partial charge in [0.2, 0.25) is 5.91 Å². The monoisotopic (exact) mass is 380 g/mol. The molecule has 0 saturated carbocycles. The van der Waals surface area contributed by atoms with Gasteiger partial charge < -0.3 is 4.90 Å². The Kier molecular flexibility index (Phi) is 4.99. The molecule has 0 bridgehead atoms. The van der Waals surface area contributed by atoms with E-state index in [1.54, 1.807) is 0 Å². The molecular weight excluding hydrogens is 356 g/mol. The summed E-state index contributed by atoms with van der Waals surface area (Å²) in [7, 11) is -3.05. The number of para-hydroxylation sites is 1. The van der Waals surface area contributed by atoms with Crippen molar-refractivity contribution in [2.24, 2.45) is 10.9 Å². The van der Waals surface area contributed by atoms with Crippen LogP contribution in [0.1, 0.15) is 31.4 Å². The molecule has 0 aliphatic carbocycles. The molecule has 2 saturated heterocycles. The summed E-state index contributed by atoms with van der Waals surface area (Å²) >= 11 is 1.44. The highest BCUT2D eigenvalue weighted by atomic mass is 32.2. The van der Waals surface area contributed by atoms with Gasteiger partial charge in [-0.3, -0.25) is 4.79 Å². The van der Waals surface area contributed by atoms with Gasteiger partial charge in [0.25, 0.3) is 0 Å². The number of anilines is 1. The van der Waals surface area contributed by atoms with Crippen molar-refractivity contribution < 1.29 is 13.2 Å². The Bertz CT molecular complexity index is 810. The highest BCUT2D eigenvalue weighted by Gasteiger charge is 2.49. The Labute approximate surface area is 153 Å². The van der Waals surface area contributed by atoms with Crippen LogP contribution < -0.4 is 4.90 Å². The number of carbonyl (C=O) groups is 1. The van der Waals surface area contributed by atoms with Crippen LogP contribution in [0.25, 0.3) is 0 Å². The van der Waals surface area contributed by atoms with E-state index in [1.165, 1.54) is 11.8 Å². The molecular formula is C18H24N2O3S2. The van der Waals surface area contributed by atoms with E-state index < -0.39 is 9.84 Å². The lowest BCUT2D eigenvalue weighted by Crippen LogP contribution is -2.38. The number of amidine groups is 1. The Hall–Kier alpha value is -1.34. The number of nitrogens with zero attached hydrogens (tertiary/aromatic N) is 2. The summed E-state index contributed by atoms with van der Waals surface area (Å²) in [5, 5.41) is 0.586. The minimum absolute atomic E-state index is 0.0605. The van der Waals surface area contributed by atoms with Gasteiger partial charge in [-0.05, 0) is 30.9 Å². The van der Waals surface area contributed by atoms with Crippen molar-refractivity contribution in [2.45, 2.75) is 45.4 Å². The Balaban J connectivity index is 2.04. The number of thioether (sulfide) groups is 1. The van der Waals surface area contributed by atoms with Gasteiger partial charge in [-0.1, -0.05) is 43.8 Å². The van der Waals surface area contributed by atoms with Crippen molar-refractivity contribution in [3.05, 3.63) is 29.3 Å². The summed E-state index contributed by atoms with van der Waals surface area (Å²) in [4.78, 5) is 18.6. The highest BCUT2D eigenvalue weighted by molar-refractivity contribution is 8.16. The quantitative estimate of drug-likeness (QED) is 0.806. The first-order valence-corrected chi connectivity index (χ1v) is 11.2. The highest BCUT2D eigenvalue weighted by Crippen LogP contribution is 2.43. The lowest BCUT2D eigenvalue weighted by molar-refractivity contribution is -0.118. The van der Waals surface area contributed by atoms with E-state index in [0.29, 0.717) is 11.6 Å². The van der Waals surface area contributed by atoms with E-state index in [0.717, 1.165) is 16.8 Å². The summed E-state index contributed by atoms with van der Waals surface area (Å²) < 4.78 is 24.2. The molecule has 1 aromatic carbocycles. The van der Waals surface area contributed by atoms with Crippen LogP contribution in [0.3, 0.4) is 0 Å². The van der Waals surface area contributed by atoms with Crippen molar-refractivity contribution in [3.8, 4) is 0 Å². The molecule has 136 valence electrons. The van der Waals surface area contributed by atoms with Gasteiger partial charge in [-0.2, -0.15) is 4.99 Å². The van der Waals surface area contributed by atoms with Crippen LogP contribution in [0.2, 0.25) is 0 Å². The van der Waals surface area contributed by atoms with Crippen LogP contribution in [0, 0.1) is 19.8 Å². The van der Waals surface area contributed by atoms with E-state index >= 15 is 0 Å². The zero-order valence-corrected chi connectivity index (χ0v) is 16.7. The van der Waals surface area contributed by atoms with Gasteiger partial charge in [-0.15, -0.1) is 0 Å². The summed E-state index contributed by atoms with van der Waals surface area (Å²) in [5.74, 6) is 0.380. The number of amides is 1. The number of hydrogen-bond donors (Lipinski definition) is 0. The summed E-state index contributed by atoms with van der Waals surface area (Å²) in [6.45, 7) is 8.00. The molecule has 2 atom stereocenters. The van der Waals surface area contributed by atoms with E-state index in [2.05, 4.69) is 4.99 Å². The van der Waals surface area contributed by atoms with Crippen molar-refractivity contribution in [1.82, 2.24) is 0 Å². The Morgan fingerprint density at radius 3 is 2.52 bits per heavy atom. The van der Waals surface area contributed by atoms with Crippen LogP contribution in [0.15, 0.2) is 23.2 Å². The number of rotatable bonds is 3. The summed E-state index contributed by atoms with van der Waals surface area (Å²) in [6, 6.07) is 5.86. The normalized spacial score (nSPS) is 26.4. The topological polar surface area (TPSA) is 66.8 Å². The number of aliphatic imine (C=N–C) groups is 1. The molecule has 5 nitrogen and oxygen atoms in total. The molecule has 7 heteroatoms. The fraction of sp³-hybridized carbons (Fsp3) is 0.556. The van der Waals surface area contributed by atoms with Crippen LogP contribution in [0.5, 0.6) is 0 Å². The first kappa shape index (κ1) is 18.5. The van der Waals surface area contributed by atoms with Gasteiger partial charge in [0.05, 0.1) is 17.5 Å². The third-order valence-electron chi connectivity index (χ3n) is 4.55. The maximum atomic E-state index is 12.3. The van der Waals surface area contributed by atoms with Gasteiger partial charge in [0.15, 0.2) is 15.0 Å². The molecule has 0 radical (unpaired) electrons. The van der Waals surface area contributed by atoms with Gasteiger partial charge in [0, 0.05) is 17.4 Å². The fourth-order valence-corrected chi connectivity index (χ4v) is 7.43. The molecule has 0 aromatic heterocycles. The van der Waals surface area contributed by atoms with E-state index in [9.17, 15) is 13.2 Å². The van der Waals surface area contributed by atoms with Crippen LogP contribution >= 0.6 is 11.8 Å². The third-order valence-corrected chi connectivity index (χ3v) is 7.76. The molecule has 1 amide bonds. The van der Waals surface area contributed by atoms with Crippen molar-refractivity contribution in [2.75, 3.05) is 16.4 Å². The van der Waals surface area contributed by atoms with Crippen LogP contribution in [0.4, 0.5) is 5.69 Å². The average molecular weight is 381 g/mol. The van der Waals surface area contributed by atoms with E-state index in [-0.39, 0.29) is 34.6 Å². The van der Waals surface area contributed by atoms with E-state index in [4.69, 9.17) is 0 Å². The van der Waals surface area contributed by atoms with Gasteiger partial charge in [-0.25, -0.2) is 8.42 Å². The SMILES string of the molecule is Cc1cccc(C)c1N1C(=NC(=O)CC(C)C)S[C@@H]2CS(=O)(=O)C[C@H]21. The second-order valence-electron chi connectivity index (χ2n) is 7.30. The molecule has 2 aliphatic rings. The Morgan fingerprint density at radius 2 is 1.92 bits per heavy atom. The fourth-order valence-electron chi connectivity index (χ4n) is 3.51. The zero-order chi connectivity index (χ0) is 18.4. The van der Waals surface area contributed by atoms with Gasteiger partial charge >= 0.3 is 0 Å². The molecule has 0 spiro atoms. The minimum Gasteiger partial charge on any atom is -0.315 e. The number of carbonyl (C=O) groups excluding carboxylic acids is 1. The average Bonchev–Trinajstić information content (AvgIpc) is 2.90. The second kappa shape index (κ2) is 6.76. The maximum Gasteiger partial charge on any atom is 0.248 e. The van der Waals surface area contributed by atoms with Crippen LogP contribution in [-0.2, 0) is 14.6 Å². The van der Waals surface area contributed by atoms with E-state index in [1.807, 2.05) is 50.8 Å². The maximum absolute atomic E-state index is 12.3. The first-order valence-electron chi connectivity index (χ1n) is 8.52. The molecule has 3 rings (SSSR count). The Morgan fingerprint density at radius 1 is 1.28 bits per heavy atom. The second-order valence-corrected chi connectivity index (χ2v) is 10.7. The zero-order valence-electron chi connectivity index (χ0n) is 15.0. The number of sulfone groups is 1. The molecule has 25 heavy (non-hydrogen) atoms. The number of benzene rings is 1. The molecule has 2 heterocycles. The minimum atomic E-state index is -3.05. The first-order chi connectivity index (χ1) is 11.7. The number of fused-ring (bicyclic) bond motifs is 1. The standard InChI is InChI=1S/C18H24N2O3S2/c1-11(2)8-16(21)19-18-20(17-12(3)6-5-7-13(17)4)14-9-25(22,23)10-15(14)24-18/h5-7,11,14-15H,8-10H2,1-4H3/t14-,15-/m1/s1. The van der Waals surface area contributed by atoms with Crippen molar-refractivity contribution in [3.63, 3.8) is 0 Å². The third kappa shape index (κ3) is 3.77. The summed E-state index contributed by atoms with van der Waals surface area (Å²) in [5.41, 5.74) is 3.11. The number of hydrogen-bond acceptors (Lipinski definition) is 4. The lowest BCUT2D eigenvalue weighted by atomic mass is 10.1. The molecule has 0 N–H and O–H groups in total. The molecule has 2 fully saturated rings. The largest absolute Gasteiger partial charge is 0.315 e. The predicted octanol–water partition coefficient (Wildman–Crippen LogP) is 2.95. The smallest absolute Gasteiger partial charge is 0.248 e. The predicted molar refractivity (Wildman–Crippen MR) is 104 cm³/mol. The van der Waals surface area contributed by atoms with Gasteiger partial charge in [0.1, 0.15) is 0 Å². The van der Waals surface area contributed by atoms with Crippen molar-refractivity contribution >= 4 is 38.4 Å². The summed E-state index contributed by atoms with van der Waals surface area (Å²) in [6.07, 6.45) is 0.401. The lowest BCUT2D eigenvalue weighted by Gasteiger charge is -2.28.